The Kier molecular flexibility index (Phi) is 3.82. The largest absolute Gasteiger partial charge is 0.267 e. The molecule has 21 heavy (non-hydrogen) atoms. The Hall–Kier alpha value is -1.66. The second-order valence-corrected chi connectivity index (χ2v) is 7.28. The number of hydrogen-bond acceptors (Lipinski definition) is 3. The molecule has 0 unspecified atom stereocenters. The summed E-state index contributed by atoms with van der Waals surface area (Å²) in [6.45, 7) is 3.57. The van der Waals surface area contributed by atoms with Gasteiger partial charge in [0, 0.05) is 19.3 Å². The minimum atomic E-state index is -3.39. The van der Waals surface area contributed by atoms with Gasteiger partial charge >= 0.3 is 0 Å². The fourth-order valence-electron chi connectivity index (χ4n) is 2.67. The Bertz CT molecular complexity index is 717. The molecule has 112 valence electrons. The van der Waals surface area contributed by atoms with Crippen LogP contribution in [0.1, 0.15) is 24.1 Å². The van der Waals surface area contributed by atoms with Crippen LogP contribution in [-0.2, 0) is 16.6 Å². The molecule has 1 saturated heterocycles. The van der Waals surface area contributed by atoms with Crippen molar-refractivity contribution < 1.29 is 8.42 Å². The maximum Gasteiger partial charge on any atom is 0.246 e. The first kappa shape index (κ1) is 14.3. The van der Waals surface area contributed by atoms with Gasteiger partial charge in [-0.05, 0) is 25.3 Å². The fourth-order valence-corrected chi connectivity index (χ4v) is 4.36. The molecule has 0 aliphatic carbocycles. The number of sulfonamides is 1. The predicted molar refractivity (Wildman–Crippen MR) is 80.5 cm³/mol. The molecule has 0 atom stereocenters. The third kappa shape index (κ3) is 2.87. The molecule has 0 N–H and O–H groups in total. The van der Waals surface area contributed by atoms with Gasteiger partial charge in [0.25, 0.3) is 0 Å². The first-order valence-electron chi connectivity index (χ1n) is 7.15. The van der Waals surface area contributed by atoms with Crippen molar-refractivity contribution in [3.63, 3.8) is 0 Å². The van der Waals surface area contributed by atoms with E-state index in [0.29, 0.717) is 30.2 Å². The zero-order chi connectivity index (χ0) is 14.9. The monoisotopic (exact) mass is 305 g/mol. The summed E-state index contributed by atoms with van der Waals surface area (Å²) >= 11 is 0. The molecule has 6 heteroatoms. The van der Waals surface area contributed by atoms with E-state index in [4.69, 9.17) is 0 Å². The summed E-state index contributed by atoms with van der Waals surface area (Å²) in [6, 6.07) is 9.90. The first-order valence-corrected chi connectivity index (χ1v) is 8.59. The first-order chi connectivity index (χ1) is 10.1. The van der Waals surface area contributed by atoms with E-state index in [0.717, 1.165) is 18.4 Å². The van der Waals surface area contributed by atoms with Crippen LogP contribution in [0.5, 0.6) is 0 Å². The molecular weight excluding hydrogens is 286 g/mol. The normalized spacial score (nSPS) is 16.4. The van der Waals surface area contributed by atoms with Crippen molar-refractivity contribution in [1.82, 2.24) is 14.1 Å². The van der Waals surface area contributed by atoms with Crippen molar-refractivity contribution in [3.05, 3.63) is 47.8 Å². The molecule has 1 fully saturated rings. The molecule has 2 aromatic rings. The SMILES string of the molecule is Cc1nn(Cc2ccccc2)cc1S(=O)(=O)N1CCCC1. The quantitative estimate of drug-likeness (QED) is 0.868. The van der Waals surface area contributed by atoms with Crippen molar-refractivity contribution in [2.24, 2.45) is 0 Å². The second kappa shape index (κ2) is 5.61. The van der Waals surface area contributed by atoms with Gasteiger partial charge in [0.05, 0.1) is 12.2 Å². The highest BCUT2D eigenvalue weighted by Crippen LogP contribution is 2.23. The summed E-state index contributed by atoms with van der Waals surface area (Å²) in [5.74, 6) is 0. The highest BCUT2D eigenvalue weighted by molar-refractivity contribution is 7.89. The third-order valence-electron chi connectivity index (χ3n) is 3.77. The Morgan fingerprint density at radius 3 is 2.48 bits per heavy atom. The lowest BCUT2D eigenvalue weighted by molar-refractivity contribution is 0.477. The molecule has 0 amide bonds. The maximum atomic E-state index is 12.6. The standard InChI is InChI=1S/C15H19N3O2S/c1-13-15(21(19,20)18-9-5-6-10-18)12-17(16-13)11-14-7-3-2-4-8-14/h2-4,7-8,12H,5-6,9-11H2,1H3. The minimum Gasteiger partial charge on any atom is -0.267 e. The number of rotatable bonds is 4. The fraction of sp³-hybridized carbons (Fsp3) is 0.400. The van der Waals surface area contributed by atoms with Crippen LogP contribution >= 0.6 is 0 Å². The van der Waals surface area contributed by atoms with Crippen LogP contribution in [0.25, 0.3) is 0 Å². The average molecular weight is 305 g/mol. The Morgan fingerprint density at radius 1 is 1.14 bits per heavy atom. The number of aromatic nitrogens is 2. The lowest BCUT2D eigenvalue weighted by Crippen LogP contribution is -2.28. The van der Waals surface area contributed by atoms with E-state index in [9.17, 15) is 8.42 Å². The average Bonchev–Trinajstić information content (AvgIpc) is 3.10. The smallest absolute Gasteiger partial charge is 0.246 e. The van der Waals surface area contributed by atoms with Crippen LogP contribution < -0.4 is 0 Å². The van der Waals surface area contributed by atoms with Crippen LogP contribution in [0, 0.1) is 6.92 Å². The van der Waals surface area contributed by atoms with E-state index in [1.165, 1.54) is 0 Å². The summed E-state index contributed by atoms with van der Waals surface area (Å²) in [6.07, 6.45) is 3.53. The number of aryl methyl sites for hydroxylation is 1. The summed E-state index contributed by atoms with van der Waals surface area (Å²) in [5.41, 5.74) is 1.67. The summed E-state index contributed by atoms with van der Waals surface area (Å²) < 4.78 is 28.4. The molecule has 2 heterocycles. The minimum absolute atomic E-state index is 0.334. The lowest BCUT2D eigenvalue weighted by Gasteiger charge is -2.14. The second-order valence-electron chi connectivity index (χ2n) is 5.37. The number of benzene rings is 1. The zero-order valence-electron chi connectivity index (χ0n) is 12.1. The van der Waals surface area contributed by atoms with Crippen LogP contribution in [0.2, 0.25) is 0 Å². The zero-order valence-corrected chi connectivity index (χ0v) is 12.9. The van der Waals surface area contributed by atoms with Gasteiger partial charge in [0.2, 0.25) is 10.0 Å². The molecule has 1 aromatic carbocycles. The van der Waals surface area contributed by atoms with Crippen molar-refractivity contribution in [1.29, 1.82) is 0 Å². The van der Waals surface area contributed by atoms with Gasteiger partial charge in [-0.3, -0.25) is 4.68 Å². The highest BCUT2D eigenvalue weighted by Gasteiger charge is 2.30. The van der Waals surface area contributed by atoms with Crippen molar-refractivity contribution in [2.75, 3.05) is 13.1 Å². The van der Waals surface area contributed by atoms with E-state index >= 15 is 0 Å². The van der Waals surface area contributed by atoms with Gasteiger partial charge < -0.3 is 0 Å². The van der Waals surface area contributed by atoms with E-state index in [1.807, 2.05) is 30.3 Å². The molecule has 5 nitrogen and oxygen atoms in total. The molecule has 0 radical (unpaired) electrons. The Balaban J connectivity index is 1.87. The predicted octanol–water partition coefficient (Wildman–Crippen LogP) is 2.02. The van der Waals surface area contributed by atoms with Gasteiger partial charge in [0.1, 0.15) is 4.90 Å². The summed E-state index contributed by atoms with van der Waals surface area (Å²) in [4.78, 5) is 0.334. The third-order valence-corrected chi connectivity index (χ3v) is 5.77. The van der Waals surface area contributed by atoms with E-state index in [2.05, 4.69) is 5.10 Å². The molecular formula is C15H19N3O2S. The highest BCUT2D eigenvalue weighted by atomic mass is 32.2. The number of nitrogens with zero attached hydrogens (tertiary/aromatic N) is 3. The molecule has 0 saturated carbocycles. The summed E-state index contributed by atoms with van der Waals surface area (Å²) in [5, 5.41) is 4.35. The molecule has 0 bridgehead atoms. The molecule has 1 aliphatic rings. The topological polar surface area (TPSA) is 55.2 Å². The van der Waals surface area contributed by atoms with Crippen LogP contribution in [0.3, 0.4) is 0 Å². The lowest BCUT2D eigenvalue weighted by atomic mass is 10.2. The van der Waals surface area contributed by atoms with Gasteiger partial charge in [-0.1, -0.05) is 30.3 Å². The Morgan fingerprint density at radius 2 is 1.81 bits per heavy atom. The summed E-state index contributed by atoms with van der Waals surface area (Å²) in [7, 11) is -3.39. The molecule has 3 rings (SSSR count). The van der Waals surface area contributed by atoms with Crippen LogP contribution in [0.4, 0.5) is 0 Å². The van der Waals surface area contributed by atoms with Crippen molar-refractivity contribution >= 4 is 10.0 Å². The number of hydrogen-bond donors (Lipinski definition) is 0. The van der Waals surface area contributed by atoms with Gasteiger partial charge in [-0.25, -0.2) is 8.42 Å². The van der Waals surface area contributed by atoms with Gasteiger partial charge in [-0.2, -0.15) is 9.40 Å². The van der Waals surface area contributed by atoms with Crippen molar-refractivity contribution in [2.45, 2.75) is 31.2 Å². The van der Waals surface area contributed by atoms with E-state index < -0.39 is 10.0 Å². The van der Waals surface area contributed by atoms with Crippen LogP contribution in [-0.4, -0.2) is 35.6 Å². The van der Waals surface area contributed by atoms with E-state index in [-0.39, 0.29) is 0 Å². The maximum absolute atomic E-state index is 12.6. The molecule has 0 spiro atoms. The van der Waals surface area contributed by atoms with Crippen LogP contribution in [0.15, 0.2) is 41.4 Å². The van der Waals surface area contributed by atoms with Gasteiger partial charge in [-0.15, -0.1) is 0 Å². The van der Waals surface area contributed by atoms with Gasteiger partial charge in [0.15, 0.2) is 0 Å². The molecule has 1 aromatic heterocycles. The van der Waals surface area contributed by atoms with Crippen molar-refractivity contribution in [3.8, 4) is 0 Å². The van der Waals surface area contributed by atoms with E-state index in [1.54, 1.807) is 22.1 Å². The molecule has 1 aliphatic heterocycles. The Labute approximate surface area is 125 Å².